The van der Waals surface area contributed by atoms with Crippen LogP contribution in [0.1, 0.15) is 22.3 Å². The van der Waals surface area contributed by atoms with E-state index < -0.39 is 11.5 Å². The van der Waals surface area contributed by atoms with Crippen molar-refractivity contribution in [3.63, 3.8) is 0 Å². The number of nitrogens with two attached hydrogens (primary N) is 1. The summed E-state index contributed by atoms with van der Waals surface area (Å²) < 4.78 is 5.36. The molecule has 28 heavy (non-hydrogen) atoms. The number of rotatable bonds is 5. The minimum atomic E-state index is -1.88. The number of ketones is 1. The summed E-state index contributed by atoms with van der Waals surface area (Å²) in [4.78, 5) is 29.7. The number of aliphatic hydroxyl groups is 1. The van der Waals surface area contributed by atoms with Crippen LogP contribution in [0.2, 0.25) is 0 Å². The Morgan fingerprint density at radius 1 is 1.14 bits per heavy atom. The van der Waals surface area contributed by atoms with Gasteiger partial charge in [0, 0.05) is 29.9 Å². The van der Waals surface area contributed by atoms with Gasteiger partial charge in [-0.25, -0.2) is 0 Å². The molecular formula is C21H23N3O4. The fourth-order valence-electron chi connectivity index (χ4n) is 3.81. The van der Waals surface area contributed by atoms with Crippen molar-refractivity contribution in [3.8, 4) is 0 Å². The van der Waals surface area contributed by atoms with Gasteiger partial charge in [-0.1, -0.05) is 30.3 Å². The van der Waals surface area contributed by atoms with Crippen LogP contribution < -0.4 is 10.6 Å². The van der Waals surface area contributed by atoms with Crippen LogP contribution in [0.3, 0.4) is 0 Å². The van der Waals surface area contributed by atoms with Crippen molar-refractivity contribution in [3.05, 3.63) is 59.7 Å². The highest BCUT2D eigenvalue weighted by Gasteiger charge is 2.51. The normalized spacial score (nSPS) is 22.3. The van der Waals surface area contributed by atoms with E-state index in [1.54, 1.807) is 47.4 Å². The lowest BCUT2D eigenvalue weighted by Crippen LogP contribution is -2.49. The molecule has 0 saturated carbocycles. The van der Waals surface area contributed by atoms with Gasteiger partial charge in [-0.2, -0.15) is 0 Å². The van der Waals surface area contributed by atoms with Crippen molar-refractivity contribution < 1.29 is 19.4 Å². The number of hydrogen-bond acceptors (Lipinski definition) is 6. The number of fused-ring (bicyclic) bond motifs is 1. The van der Waals surface area contributed by atoms with Crippen LogP contribution in [-0.2, 0) is 15.1 Å². The van der Waals surface area contributed by atoms with Crippen molar-refractivity contribution in [2.75, 3.05) is 43.6 Å². The Balaban J connectivity index is 1.62. The first-order valence-corrected chi connectivity index (χ1v) is 9.32. The summed E-state index contributed by atoms with van der Waals surface area (Å²) in [5.41, 5.74) is 5.82. The van der Waals surface area contributed by atoms with E-state index in [-0.39, 0.29) is 12.2 Å². The van der Waals surface area contributed by atoms with Crippen LogP contribution in [0.25, 0.3) is 0 Å². The Bertz CT molecular complexity index is 910. The van der Waals surface area contributed by atoms with E-state index in [0.717, 1.165) is 0 Å². The van der Waals surface area contributed by atoms with Crippen LogP contribution in [0, 0.1) is 0 Å². The maximum absolute atomic E-state index is 13.2. The molecule has 2 aromatic rings. The second-order valence-corrected chi connectivity index (χ2v) is 7.21. The zero-order valence-electron chi connectivity index (χ0n) is 15.5. The van der Waals surface area contributed by atoms with E-state index in [1.165, 1.54) is 0 Å². The molecule has 2 aliphatic heterocycles. The van der Waals surface area contributed by atoms with Gasteiger partial charge < -0.3 is 15.6 Å². The van der Waals surface area contributed by atoms with E-state index in [1.807, 2.05) is 6.07 Å². The molecule has 2 heterocycles. The van der Waals surface area contributed by atoms with E-state index in [2.05, 4.69) is 4.90 Å². The van der Waals surface area contributed by atoms with E-state index in [9.17, 15) is 14.7 Å². The van der Waals surface area contributed by atoms with Gasteiger partial charge in [-0.3, -0.25) is 19.4 Å². The quantitative estimate of drug-likeness (QED) is 0.600. The number of morpholine rings is 1. The molecule has 1 saturated heterocycles. The minimum Gasteiger partial charge on any atom is -0.399 e. The van der Waals surface area contributed by atoms with E-state index >= 15 is 0 Å². The smallest absolute Gasteiger partial charge is 0.265 e. The molecule has 0 radical (unpaired) electrons. The standard InChI is InChI=1S/C21H23N3O4/c22-16-5-3-4-15(12-16)19(25)13-21(27)17-6-1-2-7-18(17)24(20(21)26)14-23-8-10-28-11-9-23/h1-7,12,27H,8-11,13-14,22H2/t21-/m0/s1. The summed E-state index contributed by atoms with van der Waals surface area (Å²) in [5.74, 6) is -0.802. The summed E-state index contributed by atoms with van der Waals surface area (Å²) in [7, 11) is 0. The Morgan fingerprint density at radius 2 is 1.89 bits per heavy atom. The number of ether oxygens (including phenoxy) is 1. The summed E-state index contributed by atoms with van der Waals surface area (Å²) in [5, 5.41) is 11.3. The molecule has 7 nitrogen and oxygen atoms in total. The third-order valence-electron chi connectivity index (χ3n) is 5.31. The lowest BCUT2D eigenvalue weighted by molar-refractivity contribution is -0.136. The number of para-hydroxylation sites is 1. The van der Waals surface area contributed by atoms with Gasteiger partial charge in [-0.05, 0) is 18.2 Å². The summed E-state index contributed by atoms with van der Waals surface area (Å²) in [6.45, 7) is 3.01. The van der Waals surface area contributed by atoms with E-state index in [4.69, 9.17) is 10.5 Å². The highest BCUT2D eigenvalue weighted by Crippen LogP contribution is 2.43. The predicted octanol–water partition coefficient (Wildman–Crippen LogP) is 1.37. The SMILES string of the molecule is Nc1cccc(C(=O)C[C@@]2(O)C(=O)N(CN3CCOCC3)c3ccccc32)c1. The average molecular weight is 381 g/mol. The highest BCUT2D eigenvalue weighted by molar-refractivity contribution is 6.10. The second kappa shape index (κ2) is 7.35. The van der Waals surface area contributed by atoms with Crippen LogP contribution >= 0.6 is 0 Å². The topological polar surface area (TPSA) is 96.1 Å². The number of Topliss-reactive ketones (excluding diaryl/α,β-unsaturated/α-hetero) is 1. The molecule has 1 atom stereocenters. The van der Waals surface area contributed by atoms with Crippen molar-refractivity contribution >= 4 is 23.1 Å². The van der Waals surface area contributed by atoms with Gasteiger partial charge >= 0.3 is 0 Å². The molecular weight excluding hydrogens is 358 g/mol. The van der Waals surface area contributed by atoms with Crippen LogP contribution in [0.4, 0.5) is 11.4 Å². The average Bonchev–Trinajstić information content (AvgIpc) is 2.91. The monoisotopic (exact) mass is 381 g/mol. The lowest BCUT2D eigenvalue weighted by atomic mass is 9.88. The number of nitrogens with zero attached hydrogens (tertiary/aromatic N) is 2. The van der Waals surface area contributed by atoms with Gasteiger partial charge in [0.25, 0.3) is 5.91 Å². The van der Waals surface area contributed by atoms with E-state index in [0.29, 0.717) is 55.5 Å². The first kappa shape index (κ1) is 18.6. The fraction of sp³-hybridized carbons (Fsp3) is 0.333. The first-order valence-electron chi connectivity index (χ1n) is 9.32. The highest BCUT2D eigenvalue weighted by atomic mass is 16.5. The Morgan fingerprint density at radius 3 is 2.64 bits per heavy atom. The molecule has 4 rings (SSSR count). The number of nitrogen functional groups attached to an aromatic ring is 1. The fourth-order valence-corrected chi connectivity index (χ4v) is 3.81. The summed E-state index contributed by atoms with van der Waals surface area (Å²) in [6.07, 6.45) is -0.327. The number of carbonyl (C=O) groups is 2. The Kier molecular flexibility index (Phi) is 4.89. The second-order valence-electron chi connectivity index (χ2n) is 7.21. The number of hydrogen-bond donors (Lipinski definition) is 2. The first-order chi connectivity index (χ1) is 13.5. The number of anilines is 2. The Labute approximate surface area is 163 Å². The zero-order valence-corrected chi connectivity index (χ0v) is 15.5. The molecule has 1 fully saturated rings. The largest absolute Gasteiger partial charge is 0.399 e. The van der Waals surface area contributed by atoms with Crippen LogP contribution in [0.15, 0.2) is 48.5 Å². The van der Waals surface area contributed by atoms with Gasteiger partial charge in [0.15, 0.2) is 11.4 Å². The number of benzene rings is 2. The summed E-state index contributed by atoms with van der Waals surface area (Å²) in [6, 6.07) is 13.7. The molecule has 0 spiro atoms. The third-order valence-corrected chi connectivity index (χ3v) is 5.31. The van der Waals surface area contributed by atoms with Crippen molar-refractivity contribution in [1.29, 1.82) is 0 Å². The molecule has 146 valence electrons. The third kappa shape index (κ3) is 3.28. The molecule has 1 amide bonds. The van der Waals surface area contributed by atoms with Crippen molar-refractivity contribution in [2.24, 2.45) is 0 Å². The zero-order chi connectivity index (χ0) is 19.7. The lowest BCUT2D eigenvalue weighted by Gasteiger charge is -2.31. The minimum absolute atomic E-state index is 0.327. The molecule has 0 unspecified atom stereocenters. The molecule has 0 aromatic heterocycles. The molecule has 3 N–H and O–H groups in total. The van der Waals surface area contributed by atoms with Crippen molar-refractivity contribution in [1.82, 2.24) is 4.90 Å². The van der Waals surface area contributed by atoms with Crippen LogP contribution in [-0.4, -0.2) is 54.7 Å². The number of amides is 1. The predicted molar refractivity (Wildman–Crippen MR) is 105 cm³/mol. The Hall–Kier alpha value is -2.74. The maximum atomic E-state index is 13.2. The molecule has 7 heteroatoms. The van der Waals surface area contributed by atoms with Crippen LogP contribution in [0.5, 0.6) is 0 Å². The van der Waals surface area contributed by atoms with Gasteiger partial charge in [-0.15, -0.1) is 0 Å². The molecule has 2 aromatic carbocycles. The number of carbonyl (C=O) groups excluding carboxylic acids is 2. The molecule has 2 aliphatic rings. The maximum Gasteiger partial charge on any atom is 0.265 e. The summed E-state index contributed by atoms with van der Waals surface area (Å²) >= 11 is 0. The van der Waals surface area contributed by atoms with Gasteiger partial charge in [0.2, 0.25) is 0 Å². The van der Waals surface area contributed by atoms with Gasteiger partial charge in [0.05, 0.1) is 32.0 Å². The van der Waals surface area contributed by atoms with Gasteiger partial charge in [0.1, 0.15) is 0 Å². The molecule has 0 bridgehead atoms. The molecule has 0 aliphatic carbocycles. The van der Waals surface area contributed by atoms with Crippen molar-refractivity contribution in [2.45, 2.75) is 12.0 Å².